The quantitative estimate of drug-likeness (QED) is 0.618. The van der Waals surface area contributed by atoms with Gasteiger partial charge in [0.05, 0.1) is 18.6 Å². The highest BCUT2D eigenvalue weighted by Crippen LogP contribution is 2.16. The minimum atomic E-state index is 0.490. The standard InChI is InChI=1S/C13H16N/c1-4-14(5-2,6-3)12-13-10-8-7-9-11-13/h4-11H,1-3,12H2/q+1. The third kappa shape index (κ3) is 2.21. The van der Waals surface area contributed by atoms with Crippen LogP contribution < -0.4 is 0 Å². The average molecular weight is 186 g/mol. The lowest BCUT2D eigenvalue weighted by atomic mass is 10.2. The smallest absolute Gasteiger partial charge is 0.117 e. The maximum atomic E-state index is 3.80. The highest BCUT2D eigenvalue weighted by molar-refractivity contribution is 5.14. The summed E-state index contributed by atoms with van der Waals surface area (Å²) in [7, 11) is 0. The van der Waals surface area contributed by atoms with Crippen LogP contribution >= 0.6 is 0 Å². The van der Waals surface area contributed by atoms with E-state index in [9.17, 15) is 0 Å². The highest BCUT2D eigenvalue weighted by atomic mass is 15.3. The average Bonchev–Trinajstić information content (AvgIpc) is 2.28. The van der Waals surface area contributed by atoms with E-state index in [1.54, 1.807) is 0 Å². The first kappa shape index (κ1) is 10.5. The first-order valence-corrected chi connectivity index (χ1v) is 4.58. The second kappa shape index (κ2) is 4.58. The fraction of sp³-hybridized carbons (Fsp3) is 0.0769. The van der Waals surface area contributed by atoms with Crippen LogP contribution in [0.3, 0.4) is 0 Å². The Hall–Kier alpha value is -1.60. The van der Waals surface area contributed by atoms with E-state index in [-0.39, 0.29) is 0 Å². The molecule has 0 saturated heterocycles. The molecule has 0 amide bonds. The third-order valence-corrected chi connectivity index (χ3v) is 2.32. The molecule has 0 atom stereocenters. The lowest BCUT2D eigenvalue weighted by Gasteiger charge is -2.25. The molecule has 0 saturated carbocycles. The fourth-order valence-electron chi connectivity index (χ4n) is 1.32. The number of benzene rings is 1. The summed E-state index contributed by atoms with van der Waals surface area (Å²) in [6.45, 7) is 12.2. The van der Waals surface area contributed by atoms with Gasteiger partial charge in [0.25, 0.3) is 0 Å². The number of hydrogen-bond donors (Lipinski definition) is 0. The molecule has 0 fully saturated rings. The molecule has 0 aliphatic heterocycles. The maximum Gasteiger partial charge on any atom is 0.117 e. The molecule has 0 radical (unpaired) electrons. The van der Waals surface area contributed by atoms with Crippen molar-refractivity contribution in [2.24, 2.45) is 0 Å². The molecule has 0 heterocycles. The molecule has 0 spiro atoms. The first-order valence-electron chi connectivity index (χ1n) is 4.58. The van der Waals surface area contributed by atoms with E-state index in [4.69, 9.17) is 0 Å². The molecule has 0 unspecified atom stereocenters. The second-order valence-electron chi connectivity index (χ2n) is 3.19. The van der Waals surface area contributed by atoms with E-state index < -0.39 is 0 Å². The van der Waals surface area contributed by atoms with Gasteiger partial charge >= 0.3 is 0 Å². The molecule has 1 aromatic rings. The molecular formula is C13H16N+. The van der Waals surface area contributed by atoms with E-state index in [2.05, 4.69) is 31.9 Å². The summed E-state index contributed by atoms with van der Waals surface area (Å²) in [5, 5.41) is 0. The summed E-state index contributed by atoms with van der Waals surface area (Å²) < 4.78 is 0.490. The van der Waals surface area contributed by atoms with Crippen LogP contribution in [0.15, 0.2) is 68.7 Å². The van der Waals surface area contributed by atoms with Crippen LogP contribution in [0.1, 0.15) is 5.56 Å². The minimum Gasteiger partial charge on any atom is -0.243 e. The van der Waals surface area contributed by atoms with Gasteiger partial charge in [-0.25, -0.2) is 4.48 Å². The van der Waals surface area contributed by atoms with Gasteiger partial charge in [0, 0.05) is 5.56 Å². The van der Waals surface area contributed by atoms with Crippen molar-refractivity contribution >= 4 is 0 Å². The van der Waals surface area contributed by atoms with Gasteiger partial charge < -0.3 is 0 Å². The van der Waals surface area contributed by atoms with Gasteiger partial charge in [-0.2, -0.15) is 0 Å². The predicted molar refractivity (Wildman–Crippen MR) is 61.0 cm³/mol. The molecule has 0 aliphatic rings. The summed E-state index contributed by atoms with van der Waals surface area (Å²) in [6, 6.07) is 10.2. The molecule has 1 rings (SSSR count). The van der Waals surface area contributed by atoms with Crippen LogP contribution in [0.2, 0.25) is 0 Å². The summed E-state index contributed by atoms with van der Waals surface area (Å²) in [6.07, 6.45) is 5.48. The van der Waals surface area contributed by atoms with Gasteiger partial charge in [-0.15, -0.1) is 0 Å². The number of rotatable bonds is 5. The third-order valence-electron chi connectivity index (χ3n) is 2.32. The molecule has 1 heteroatoms. The van der Waals surface area contributed by atoms with Crippen molar-refractivity contribution in [1.82, 2.24) is 0 Å². The molecule has 1 nitrogen and oxygen atoms in total. The molecule has 1 aromatic carbocycles. The largest absolute Gasteiger partial charge is 0.243 e. The van der Waals surface area contributed by atoms with Crippen LogP contribution in [0.4, 0.5) is 0 Å². The minimum absolute atomic E-state index is 0.490. The van der Waals surface area contributed by atoms with E-state index in [1.165, 1.54) is 5.56 Å². The van der Waals surface area contributed by atoms with Gasteiger partial charge in [0.2, 0.25) is 0 Å². The number of hydrogen-bond acceptors (Lipinski definition) is 0. The monoisotopic (exact) mass is 186 g/mol. The van der Waals surface area contributed by atoms with Crippen molar-refractivity contribution < 1.29 is 4.48 Å². The van der Waals surface area contributed by atoms with Crippen molar-refractivity contribution in [2.45, 2.75) is 6.54 Å². The topological polar surface area (TPSA) is 0 Å². The van der Waals surface area contributed by atoms with Gasteiger partial charge in [-0.1, -0.05) is 30.3 Å². The molecule has 72 valence electrons. The number of quaternary nitrogens is 1. The van der Waals surface area contributed by atoms with E-state index in [1.807, 2.05) is 36.8 Å². The van der Waals surface area contributed by atoms with Crippen molar-refractivity contribution in [3.05, 3.63) is 74.2 Å². The Balaban J connectivity index is 2.90. The van der Waals surface area contributed by atoms with E-state index >= 15 is 0 Å². The van der Waals surface area contributed by atoms with Crippen LogP contribution in [0, 0.1) is 0 Å². The van der Waals surface area contributed by atoms with Crippen molar-refractivity contribution in [3.8, 4) is 0 Å². The van der Waals surface area contributed by atoms with Gasteiger partial charge in [-0.3, -0.25) is 0 Å². The fourth-order valence-corrected chi connectivity index (χ4v) is 1.32. The molecule has 0 N–H and O–H groups in total. The van der Waals surface area contributed by atoms with Gasteiger partial charge in [-0.05, 0) is 19.7 Å². The Labute approximate surface area is 85.9 Å². The zero-order valence-electron chi connectivity index (χ0n) is 8.39. The van der Waals surface area contributed by atoms with Gasteiger partial charge in [0.15, 0.2) is 0 Å². The lowest BCUT2D eigenvalue weighted by molar-refractivity contribution is -0.787. The molecular weight excluding hydrogens is 170 g/mol. The SMILES string of the molecule is C=C[N+](C=C)(C=C)Cc1ccccc1. The maximum absolute atomic E-state index is 3.80. The Morgan fingerprint density at radius 3 is 1.86 bits per heavy atom. The molecule has 0 aromatic heterocycles. The van der Waals surface area contributed by atoms with E-state index in [0.29, 0.717) is 4.48 Å². The molecule has 0 aliphatic carbocycles. The second-order valence-corrected chi connectivity index (χ2v) is 3.19. The zero-order chi connectivity index (χ0) is 10.4. The van der Waals surface area contributed by atoms with Crippen LogP contribution in [0.5, 0.6) is 0 Å². The predicted octanol–water partition coefficient (Wildman–Crippen LogP) is 3.43. The first-order chi connectivity index (χ1) is 6.76. The molecule has 14 heavy (non-hydrogen) atoms. The van der Waals surface area contributed by atoms with Crippen LogP contribution in [0.25, 0.3) is 0 Å². The molecule has 0 bridgehead atoms. The van der Waals surface area contributed by atoms with E-state index in [0.717, 1.165) is 6.54 Å². The number of nitrogens with zero attached hydrogens (tertiary/aromatic N) is 1. The normalized spacial score (nSPS) is 10.6. The summed E-state index contributed by atoms with van der Waals surface area (Å²) in [5.41, 5.74) is 1.24. The van der Waals surface area contributed by atoms with Crippen molar-refractivity contribution in [3.63, 3.8) is 0 Å². The zero-order valence-corrected chi connectivity index (χ0v) is 8.39. The Kier molecular flexibility index (Phi) is 3.43. The van der Waals surface area contributed by atoms with Crippen LogP contribution in [-0.4, -0.2) is 4.48 Å². The summed E-state index contributed by atoms with van der Waals surface area (Å²) >= 11 is 0. The van der Waals surface area contributed by atoms with Gasteiger partial charge in [0.1, 0.15) is 6.54 Å². The Morgan fingerprint density at radius 2 is 1.43 bits per heavy atom. The lowest BCUT2D eigenvalue weighted by Crippen LogP contribution is -2.28. The van der Waals surface area contributed by atoms with Crippen molar-refractivity contribution in [2.75, 3.05) is 0 Å². The Morgan fingerprint density at radius 1 is 0.929 bits per heavy atom. The van der Waals surface area contributed by atoms with Crippen LogP contribution in [-0.2, 0) is 6.54 Å². The summed E-state index contributed by atoms with van der Waals surface area (Å²) in [4.78, 5) is 0. The summed E-state index contributed by atoms with van der Waals surface area (Å²) in [5.74, 6) is 0. The highest BCUT2D eigenvalue weighted by Gasteiger charge is 2.16. The Bertz CT molecular complexity index is 303. The van der Waals surface area contributed by atoms with Crippen molar-refractivity contribution in [1.29, 1.82) is 0 Å².